The summed E-state index contributed by atoms with van der Waals surface area (Å²) < 4.78 is 34.3. The molecule has 2 aliphatic rings. The Hall–Kier alpha value is -4.15. The largest absolute Gasteiger partial charge is 0.497 e. The third-order valence-corrected chi connectivity index (χ3v) is 6.26. The van der Waals surface area contributed by atoms with Crippen LogP contribution in [0.4, 0.5) is 0 Å². The highest BCUT2D eigenvalue weighted by Gasteiger charge is 2.23. The first-order valence-corrected chi connectivity index (χ1v) is 12.8. The van der Waals surface area contributed by atoms with Gasteiger partial charge in [0, 0.05) is 31.3 Å². The number of aliphatic hydroxyl groups excluding tert-OH is 1. The first-order valence-electron chi connectivity index (χ1n) is 12.8. The minimum atomic E-state index is -0.699. The molecule has 10 heteroatoms. The Balaban J connectivity index is 0.980. The van der Waals surface area contributed by atoms with Crippen molar-refractivity contribution in [2.24, 2.45) is 0 Å². The molecule has 0 aliphatic carbocycles. The average molecular weight is 537 g/mol. The Labute approximate surface area is 226 Å². The standard InChI is InChI=1S/C29H32N2O8/c1-34-21-2-4-22(5-3-21)37-17-25-18-38-28-13-24(7-9-27(28)39-25)36-16-20(32)15-30-10-11-35-23-6-8-26-19(12-23)14-31-29(26)33/h2-9,12-13,20,25,30,32H,10-11,14-18H2,1H3,(H,31,33)/t20-,25+/m0/s1. The molecule has 1 amide bonds. The number of nitrogens with one attached hydrogen (secondary N) is 2. The molecule has 2 heterocycles. The highest BCUT2D eigenvalue weighted by atomic mass is 16.6. The Morgan fingerprint density at radius 1 is 0.974 bits per heavy atom. The van der Waals surface area contributed by atoms with Gasteiger partial charge >= 0.3 is 0 Å². The molecular weight excluding hydrogens is 504 g/mol. The number of hydrogen-bond acceptors (Lipinski definition) is 9. The van der Waals surface area contributed by atoms with Gasteiger partial charge in [0.05, 0.1) is 7.11 Å². The second-order valence-electron chi connectivity index (χ2n) is 9.16. The molecule has 3 N–H and O–H groups in total. The van der Waals surface area contributed by atoms with Crippen LogP contribution in [-0.2, 0) is 6.54 Å². The van der Waals surface area contributed by atoms with Crippen LogP contribution < -0.4 is 39.1 Å². The Bertz CT molecular complexity index is 1270. The lowest BCUT2D eigenvalue weighted by Gasteiger charge is -2.27. The van der Waals surface area contributed by atoms with Gasteiger partial charge in [-0.25, -0.2) is 0 Å². The van der Waals surface area contributed by atoms with Crippen molar-refractivity contribution in [3.63, 3.8) is 0 Å². The number of carbonyl (C=O) groups is 1. The lowest BCUT2D eigenvalue weighted by atomic mass is 10.1. The summed E-state index contributed by atoms with van der Waals surface area (Å²) in [7, 11) is 1.62. The highest BCUT2D eigenvalue weighted by molar-refractivity contribution is 5.98. The molecule has 0 saturated heterocycles. The van der Waals surface area contributed by atoms with Gasteiger partial charge in [-0.2, -0.15) is 0 Å². The number of benzene rings is 3. The smallest absolute Gasteiger partial charge is 0.251 e. The van der Waals surface area contributed by atoms with E-state index in [0.29, 0.717) is 68.0 Å². The second kappa shape index (κ2) is 12.6. The molecule has 0 unspecified atom stereocenters. The molecule has 0 fully saturated rings. The summed E-state index contributed by atoms with van der Waals surface area (Å²) in [5.41, 5.74) is 1.64. The van der Waals surface area contributed by atoms with Gasteiger partial charge in [0.2, 0.25) is 0 Å². The molecule has 0 bridgehead atoms. The number of methoxy groups -OCH3 is 1. The van der Waals surface area contributed by atoms with Crippen molar-refractivity contribution < 1.29 is 38.3 Å². The normalized spacial score (nSPS) is 16.2. The number of carbonyl (C=O) groups excluding carboxylic acids is 1. The molecule has 206 valence electrons. The monoisotopic (exact) mass is 536 g/mol. The van der Waals surface area contributed by atoms with Gasteiger partial charge in [0.1, 0.15) is 55.5 Å². The van der Waals surface area contributed by atoms with E-state index in [1.807, 2.05) is 30.3 Å². The van der Waals surface area contributed by atoms with Gasteiger partial charge in [0.15, 0.2) is 17.6 Å². The first-order chi connectivity index (χ1) is 19.1. The summed E-state index contributed by atoms with van der Waals surface area (Å²) in [6.07, 6.45) is -0.943. The predicted octanol–water partition coefficient (Wildman–Crippen LogP) is 2.57. The predicted molar refractivity (Wildman–Crippen MR) is 142 cm³/mol. The maximum Gasteiger partial charge on any atom is 0.251 e. The van der Waals surface area contributed by atoms with E-state index in [0.717, 1.165) is 17.1 Å². The molecular formula is C29H32N2O8. The summed E-state index contributed by atoms with van der Waals surface area (Å²) >= 11 is 0. The van der Waals surface area contributed by atoms with Crippen LogP contribution in [0.1, 0.15) is 15.9 Å². The molecule has 0 radical (unpaired) electrons. The molecule has 5 rings (SSSR count). The van der Waals surface area contributed by atoms with Crippen LogP contribution in [0.15, 0.2) is 60.7 Å². The number of aliphatic hydroxyl groups is 1. The Morgan fingerprint density at radius 3 is 2.59 bits per heavy atom. The lowest BCUT2D eigenvalue weighted by Crippen LogP contribution is -2.34. The number of amides is 1. The zero-order valence-corrected chi connectivity index (χ0v) is 21.7. The number of rotatable bonds is 13. The molecule has 3 aromatic carbocycles. The second-order valence-corrected chi connectivity index (χ2v) is 9.16. The van der Waals surface area contributed by atoms with Crippen LogP contribution in [0, 0.1) is 0 Å². The fourth-order valence-corrected chi connectivity index (χ4v) is 4.19. The third kappa shape index (κ3) is 7.04. The van der Waals surface area contributed by atoms with Crippen molar-refractivity contribution in [3.8, 4) is 34.5 Å². The highest BCUT2D eigenvalue weighted by Crippen LogP contribution is 2.35. The first kappa shape index (κ1) is 26.5. The third-order valence-electron chi connectivity index (χ3n) is 6.26. The number of ether oxygens (including phenoxy) is 6. The quantitative estimate of drug-likeness (QED) is 0.284. The van der Waals surface area contributed by atoms with Gasteiger partial charge in [0.25, 0.3) is 5.91 Å². The SMILES string of the molecule is COc1ccc(OC[C@@H]2COc3cc(OC[C@@H](O)CNCCOc4ccc5c(c4)CNC5=O)ccc3O2)cc1. The molecule has 0 saturated carbocycles. The van der Waals surface area contributed by atoms with E-state index in [1.54, 1.807) is 37.4 Å². The van der Waals surface area contributed by atoms with E-state index in [-0.39, 0.29) is 18.6 Å². The zero-order valence-electron chi connectivity index (χ0n) is 21.7. The van der Waals surface area contributed by atoms with Crippen molar-refractivity contribution in [3.05, 3.63) is 71.8 Å². The maximum absolute atomic E-state index is 11.6. The van der Waals surface area contributed by atoms with Gasteiger partial charge in [-0.3, -0.25) is 4.79 Å². The average Bonchev–Trinajstić information content (AvgIpc) is 3.34. The van der Waals surface area contributed by atoms with E-state index in [9.17, 15) is 9.90 Å². The Kier molecular flexibility index (Phi) is 8.55. The van der Waals surface area contributed by atoms with Crippen LogP contribution in [0.2, 0.25) is 0 Å². The molecule has 3 aromatic rings. The number of hydrogen-bond donors (Lipinski definition) is 3. The summed E-state index contributed by atoms with van der Waals surface area (Å²) in [6, 6.07) is 18.1. The molecule has 39 heavy (non-hydrogen) atoms. The van der Waals surface area contributed by atoms with E-state index in [2.05, 4.69) is 10.6 Å². The van der Waals surface area contributed by atoms with Crippen molar-refractivity contribution in [2.75, 3.05) is 46.6 Å². The van der Waals surface area contributed by atoms with E-state index >= 15 is 0 Å². The molecule has 2 atom stereocenters. The van der Waals surface area contributed by atoms with Crippen LogP contribution >= 0.6 is 0 Å². The van der Waals surface area contributed by atoms with Crippen molar-refractivity contribution in [2.45, 2.75) is 18.8 Å². The molecule has 2 aliphatic heterocycles. The molecule has 10 nitrogen and oxygen atoms in total. The fraction of sp³-hybridized carbons (Fsp3) is 0.345. The topological polar surface area (TPSA) is 117 Å². The van der Waals surface area contributed by atoms with Crippen LogP contribution in [0.3, 0.4) is 0 Å². The fourth-order valence-electron chi connectivity index (χ4n) is 4.19. The maximum atomic E-state index is 11.6. The Morgan fingerprint density at radius 2 is 1.74 bits per heavy atom. The van der Waals surface area contributed by atoms with Crippen molar-refractivity contribution >= 4 is 5.91 Å². The summed E-state index contributed by atoms with van der Waals surface area (Å²) in [5.74, 6) is 3.94. The van der Waals surface area contributed by atoms with Gasteiger partial charge < -0.3 is 44.2 Å². The lowest BCUT2D eigenvalue weighted by molar-refractivity contribution is 0.0529. The van der Waals surface area contributed by atoms with E-state index in [4.69, 9.17) is 28.4 Å². The number of fused-ring (bicyclic) bond motifs is 2. The van der Waals surface area contributed by atoms with E-state index < -0.39 is 6.10 Å². The summed E-state index contributed by atoms with van der Waals surface area (Å²) in [4.78, 5) is 11.6. The molecule has 0 aromatic heterocycles. The van der Waals surface area contributed by atoms with Crippen molar-refractivity contribution in [1.29, 1.82) is 0 Å². The van der Waals surface area contributed by atoms with Gasteiger partial charge in [-0.1, -0.05) is 0 Å². The summed E-state index contributed by atoms with van der Waals surface area (Å²) in [6.45, 7) is 2.69. The minimum Gasteiger partial charge on any atom is -0.497 e. The summed E-state index contributed by atoms with van der Waals surface area (Å²) in [5, 5.41) is 16.2. The van der Waals surface area contributed by atoms with Gasteiger partial charge in [-0.05, 0) is 60.2 Å². The van der Waals surface area contributed by atoms with Crippen LogP contribution in [-0.4, -0.2) is 69.8 Å². The van der Waals surface area contributed by atoms with Crippen LogP contribution in [0.5, 0.6) is 34.5 Å². The van der Waals surface area contributed by atoms with E-state index in [1.165, 1.54) is 0 Å². The van der Waals surface area contributed by atoms with Gasteiger partial charge in [-0.15, -0.1) is 0 Å². The van der Waals surface area contributed by atoms with Crippen LogP contribution in [0.25, 0.3) is 0 Å². The zero-order chi connectivity index (χ0) is 27.0. The molecule has 0 spiro atoms. The van der Waals surface area contributed by atoms with Crippen molar-refractivity contribution in [1.82, 2.24) is 10.6 Å². The minimum absolute atomic E-state index is 0.0499.